The smallest absolute Gasteiger partial charge is 0.00166 e. The minimum Gasteiger partial charge on any atom is -0.0507 e. The molecule has 0 nitrogen and oxygen atoms in total. The Morgan fingerprint density at radius 3 is 0.349 bits per heavy atom. The van der Waals surface area contributed by atoms with Crippen molar-refractivity contribution in [1.29, 1.82) is 0 Å². The first kappa shape index (κ1) is 82.4. The van der Waals surface area contributed by atoms with E-state index in [4.69, 9.17) is 0 Å². The van der Waals surface area contributed by atoms with Gasteiger partial charge in [-0.1, -0.05) is 48.5 Å². The molecule has 0 atom stereocenters. The third-order valence-corrected chi connectivity index (χ3v) is 39.6. The average molecular weight is 1480 g/mol. The molecule has 558 valence electrons. The first-order valence-electron chi connectivity index (χ1n) is 39.3. The highest BCUT2D eigenvalue weighted by Gasteiger charge is 2.37. The Hall–Kier alpha value is -6.08. The number of rotatable bonds is 17. The van der Waals surface area contributed by atoms with Crippen LogP contribution < -0.4 is 42.4 Å². The zero-order chi connectivity index (χ0) is 78.8. The van der Waals surface area contributed by atoms with Crippen LogP contribution in [-0.2, 0) is 24.6 Å². The largest absolute Gasteiger partial charge is 0.0507 e. The van der Waals surface area contributed by atoms with Gasteiger partial charge in [-0.3, -0.25) is 0 Å². The topological polar surface area (TPSA) is 0 Å². The molecule has 10 rings (SSSR count). The van der Waals surface area contributed by atoms with Crippen molar-refractivity contribution in [2.24, 2.45) is 0 Å². The van der Waals surface area contributed by atoms with Crippen molar-refractivity contribution >= 4 is 74.1 Å². The molecule has 10 aromatic carbocycles. The molecular formula is C102H130P4. The van der Waals surface area contributed by atoms with E-state index in [9.17, 15) is 0 Å². The Morgan fingerprint density at radius 2 is 0.236 bits per heavy atom. The molecule has 106 heavy (non-hydrogen) atoms. The van der Waals surface area contributed by atoms with Gasteiger partial charge >= 0.3 is 0 Å². The minimum absolute atomic E-state index is 0.919. The van der Waals surface area contributed by atoms with Gasteiger partial charge in [0.15, 0.2) is 0 Å². The molecule has 4 heteroatoms. The summed E-state index contributed by atoms with van der Waals surface area (Å²) < 4.78 is 0. The summed E-state index contributed by atoms with van der Waals surface area (Å²) in [5.41, 5.74) is 63.5. The van der Waals surface area contributed by atoms with E-state index in [2.05, 4.69) is 312 Å². The summed E-state index contributed by atoms with van der Waals surface area (Å²) >= 11 is 0. The molecule has 0 aromatic heterocycles. The summed E-state index contributed by atoms with van der Waals surface area (Å²) in [4.78, 5) is 0. The second kappa shape index (κ2) is 31.4. The molecule has 10 aromatic rings. The van der Waals surface area contributed by atoms with E-state index in [0.717, 1.165) is 24.6 Å². The number of hydrogen-bond donors (Lipinski definition) is 0. The third kappa shape index (κ3) is 14.3. The second-order valence-corrected chi connectivity index (χ2v) is 42.0. The quantitative estimate of drug-likeness (QED) is 0.0797. The number of aryl methyl sites for hydroxylation is 8. The van der Waals surface area contributed by atoms with Crippen molar-refractivity contribution < 1.29 is 0 Å². The predicted molar refractivity (Wildman–Crippen MR) is 483 cm³/mol. The fraction of sp³-hybridized carbons (Fsp3) is 0.412. The molecule has 0 N–H and O–H groups in total. The summed E-state index contributed by atoms with van der Waals surface area (Å²) in [5.74, 6) is 0. The van der Waals surface area contributed by atoms with Gasteiger partial charge in [0.1, 0.15) is 0 Å². The van der Waals surface area contributed by atoms with Gasteiger partial charge < -0.3 is 0 Å². The maximum absolute atomic E-state index is 2.65. The van der Waals surface area contributed by atoms with Gasteiger partial charge in [-0.15, -0.1) is 0 Å². The van der Waals surface area contributed by atoms with Crippen LogP contribution in [0.5, 0.6) is 0 Å². The second-order valence-electron chi connectivity index (χ2n) is 33.5. The molecule has 0 saturated heterocycles. The standard InChI is InChI=1S/C102H130P4/c1-51-39-93(81(31)67(17)59(51)9)103(94-40-52(2)60(10)68(18)82(94)32)47-89-77(27)75(25)78(28)90(48-104(95-41-53(3)61(11)69(19)83(95)33)96-42-54(4)62(12)70(20)84(96)34)101(89)102-91(49-105(97-43-55(5)63(13)71(21)85(97)35)98-44-56(6)64(14)72(22)86(98)36)79(29)76(26)80(30)92(102)50-106(99-45-57(7)65(15)73(23)87(99)37)100-46-58(8)66(16)74(24)88(100)38/h39-46H,47-50H2,1-38H3. The molecule has 0 spiro atoms. The lowest BCUT2D eigenvalue weighted by Crippen LogP contribution is -2.25. The van der Waals surface area contributed by atoms with E-state index < -0.39 is 31.7 Å². The van der Waals surface area contributed by atoms with Crippen LogP contribution in [0.2, 0.25) is 0 Å². The molecule has 0 unspecified atom stereocenters. The molecule has 0 amide bonds. The van der Waals surface area contributed by atoms with Crippen molar-refractivity contribution in [3.05, 3.63) is 282 Å². The van der Waals surface area contributed by atoms with E-state index >= 15 is 0 Å². The van der Waals surface area contributed by atoms with E-state index in [1.54, 1.807) is 22.3 Å². The zero-order valence-electron chi connectivity index (χ0n) is 73.2. The molecule has 0 aliphatic carbocycles. The fourth-order valence-electron chi connectivity index (χ4n) is 17.6. The molecule has 0 saturated carbocycles. The lowest BCUT2D eigenvalue weighted by Gasteiger charge is -2.36. The molecule has 0 bridgehead atoms. The Labute approximate surface area is 650 Å². The molecule has 0 heterocycles. The van der Waals surface area contributed by atoms with Gasteiger partial charge in [-0.05, 0) is 582 Å². The number of benzene rings is 10. The highest BCUT2D eigenvalue weighted by atomic mass is 31.1. The predicted octanol–water partition coefficient (Wildman–Crippen LogP) is 25.6. The van der Waals surface area contributed by atoms with Gasteiger partial charge in [0, 0.05) is 24.6 Å². The molecule has 0 fully saturated rings. The Bertz CT molecular complexity index is 4420. The maximum Gasteiger partial charge on any atom is 0.00166 e. The Kier molecular flexibility index (Phi) is 24.4. The van der Waals surface area contributed by atoms with Gasteiger partial charge in [0.25, 0.3) is 0 Å². The van der Waals surface area contributed by atoms with Crippen LogP contribution in [0.25, 0.3) is 11.1 Å². The third-order valence-electron chi connectivity index (χ3n) is 28.7. The Balaban J connectivity index is 1.53. The van der Waals surface area contributed by atoms with Crippen LogP contribution in [0.15, 0.2) is 48.5 Å². The van der Waals surface area contributed by atoms with Crippen molar-refractivity contribution in [2.75, 3.05) is 0 Å². The highest BCUT2D eigenvalue weighted by Crippen LogP contribution is 2.57. The van der Waals surface area contributed by atoms with Gasteiger partial charge in [0.2, 0.25) is 0 Å². The van der Waals surface area contributed by atoms with Crippen molar-refractivity contribution in [3.63, 3.8) is 0 Å². The van der Waals surface area contributed by atoms with E-state index in [0.29, 0.717) is 0 Å². The van der Waals surface area contributed by atoms with Gasteiger partial charge in [0.05, 0.1) is 0 Å². The van der Waals surface area contributed by atoms with Crippen LogP contribution in [0.4, 0.5) is 0 Å². The molecule has 0 aliphatic rings. The molecule has 0 aliphatic heterocycles. The normalized spacial score (nSPS) is 12.0. The first-order valence-corrected chi connectivity index (χ1v) is 45.4. The SMILES string of the molecule is Cc1cc(P(Cc2c(C)c(C)c(C)c(CP(c3cc(C)c(C)c(C)c3C)c3cc(C)c(C)c(C)c3C)c2-c2c(CP(c3cc(C)c(C)c(C)c3C)c3cc(C)c(C)c(C)c3C)c(C)c(C)c(C)c2CP(c2cc(C)c(C)c(C)c2C)c2cc(C)c(C)c(C)c2C)c2cc(C)c(C)c(C)c2C)c(C)c(C)c1C. The van der Waals surface area contributed by atoms with Crippen molar-refractivity contribution in [3.8, 4) is 11.1 Å². The maximum atomic E-state index is 2.65. The van der Waals surface area contributed by atoms with E-state index in [1.165, 1.54) is 265 Å². The first-order chi connectivity index (χ1) is 49.4. The van der Waals surface area contributed by atoms with Crippen LogP contribution in [-0.4, -0.2) is 0 Å². The molecule has 0 radical (unpaired) electrons. The van der Waals surface area contributed by atoms with Gasteiger partial charge in [-0.25, -0.2) is 0 Å². The number of hydrogen-bond acceptors (Lipinski definition) is 0. The summed E-state index contributed by atoms with van der Waals surface area (Å²) in [7, 11) is -4.09. The van der Waals surface area contributed by atoms with Crippen molar-refractivity contribution in [2.45, 2.75) is 288 Å². The fourth-order valence-corrected chi connectivity index (χ4v) is 30.2. The van der Waals surface area contributed by atoms with Crippen LogP contribution in [0, 0.1) is 263 Å². The van der Waals surface area contributed by atoms with Crippen molar-refractivity contribution in [1.82, 2.24) is 0 Å². The molecular weight excluding hydrogens is 1350 g/mol. The monoisotopic (exact) mass is 1480 g/mol. The summed E-state index contributed by atoms with van der Waals surface area (Å²) in [5, 5.41) is 12.2. The van der Waals surface area contributed by atoms with E-state index in [1.807, 2.05) is 0 Å². The lowest BCUT2D eigenvalue weighted by molar-refractivity contribution is 1.12. The summed E-state index contributed by atoms with van der Waals surface area (Å²) in [6.45, 7) is 92.4. The minimum atomic E-state index is -1.02. The van der Waals surface area contributed by atoms with Crippen LogP contribution >= 0.6 is 31.7 Å². The Morgan fingerprint density at radius 1 is 0.132 bits per heavy atom. The average Bonchev–Trinajstić information content (AvgIpc) is 0.726. The lowest BCUT2D eigenvalue weighted by atomic mass is 9.80. The van der Waals surface area contributed by atoms with Crippen LogP contribution in [0.1, 0.15) is 234 Å². The summed E-state index contributed by atoms with van der Waals surface area (Å²) in [6.07, 6.45) is 3.67. The highest BCUT2D eigenvalue weighted by molar-refractivity contribution is 7.73. The van der Waals surface area contributed by atoms with Crippen LogP contribution in [0.3, 0.4) is 0 Å². The zero-order valence-corrected chi connectivity index (χ0v) is 76.8. The van der Waals surface area contributed by atoms with Gasteiger partial charge in [-0.2, -0.15) is 0 Å². The summed E-state index contributed by atoms with van der Waals surface area (Å²) in [6, 6.07) is 21.2. The van der Waals surface area contributed by atoms with E-state index in [-0.39, 0.29) is 0 Å².